The summed E-state index contributed by atoms with van der Waals surface area (Å²) in [6.07, 6.45) is 9.95. The van der Waals surface area contributed by atoms with Gasteiger partial charge >= 0.3 is 5.97 Å². The number of carbonyl (C=O) groups excluding carboxylic acids is 3. The maximum Gasteiger partial charge on any atom is 0.337 e. The van der Waals surface area contributed by atoms with Crippen LogP contribution in [0.25, 0.3) is 0 Å². The Balaban J connectivity index is 1.61. The van der Waals surface area contributed by atoms with Gasteiger partial charge in [-0.05, 0) is 43.4 Å². The van der Waals surface area contributed by atoms with Crippen molar-refractivity contribution in [3.63, 3.8) is 0 Å². The first-order valence-corrected chi connectivity index (χ1v) is 11.9. The minimum Gasteiger partial charge on any atom is -0.612 e. The van der Waals surface area contributed by atoms with E-state index in [0.29, 0.717) is 5.75 Å². The van der Waals surface area contributed by atoms with Gasteiger partial charge in [-0.1, -0.05) is 12.1 Å². The minimum absolute atomic E-state index is 0.155. The highest BCUT2D eigenvalue weighted by Gasteiger charge is 2.63. The Morgan fingerprint density at radius 3 is 2.39 bits per heavy atom. The van der Waals surface area contributed by atoms with Crippen LogP contribution in [-0.4, -0.2) is 64.2 Å². The number of hydrogen-bond acceptors (Lipinski definition) is 9. The molecule has 2 saturated heterocycles. The number of methoxy groups -OCH3 is 1. The molecule has 4 aliphatic rings. The van der Waals surface area contributed by atoms with Crippen molar-refractivity contribution in [3.05, 3.63) is 94.2 Å². The molecule has 1 aromatic carbocycles. The molecule has 0 radical (unpaired) electrons. The molecular weight excluding hydrogens is 494 g/mol. The van der Waals surface area contributed by atoms with Crippen LogP contribution in [0.4, 0.5) is 5.69 Å². The van der Waals surface area contributed by atoms with Crippen molar-refractivity contribution in [3.8, 4) is 5.75 Å². The lowest BCUT2D eigenvalue weighted by molar-refractivity contribution is -0.377. The third-order valence-electron chi connectivity index (χ3n) is 7.04. The number of anilines is 1. The molecule has 0 saturated carbocycles. The Hall–Kier alpha value is -4.80. The lowest BCUT2D eigenvalue weighted by Gasteiger charge is -2.33. The Bertz CT molecular complexity index is 1380. The highest BCUT2D eigenvalue weighted by molar-refractivity contribution is 6.23. The number of hydrogen-bond donors (Lipinski definition) is 1. The average Bonchev–Trinajstić information content (AvgIpc) is 3.39. The summed E-state index contributed by atoms with van der Waals surface area (Å²) in [7, 11) is 1.43. The van der Waals surface area contributed by atoms with E-state index in [-0.39, 0.29) is 34.9 Å². The van der Waals surface area contributed by atoms with E-state index in [1.54, 1.807) is 48.4 Å². The topological polar surface area (TPSA) is 146 Å². The number of carbonyl (C=O) groups is 3. The number of ether oxygens (including phenoxy) is 2. The standard InChI is InChI=1S/C27H24N3O8/c1-3-38-27(34)16-12-13-28-19(14-16)21-22(23(28)24(31)15-8-10-17(11-9-15)30(35)36)26(33)29(25(21)32)18-6-4-5-7-20(18)37-2/h4-14,19,21-23H,3H2,1-2H3,(H-,31,35,36)/q-1/t19-,21-,22+,23-/m1/s1. The van der Waals surface area contributed by atoms with Crippen LogP contribution in [0.15, 0.2) is 83.8 Å². The molecule has 2 amide bonds. The molecule has 38 heavy (non-hydrogen) atoms. The zero-order valence-electron chi connectivity index (χ0n) is 20.5. The van der Waals surface area contributed by atoms with Gasteiger partial charge in [-0.2, -0.15) is 4.90 Å². The first kappa shape index (κ1) is 24.9. The molecule has 1 N–H and O–H groups in total. The van der Waals surface area contributed by atoms with Crippen LogP contribution in [0.1, 0.15) is 6.92 Å². The number of aliphatic hydroxyl groups is 1. The summed E-state index contributed by atoms with van der Waals surface area (Å²) in [5.74, 6) is -3.41. The van der Waals surface area contributed by atoms with Crippen LogP contribution >= 0.6 is 0 Å². The maximum atomic E-state index is 13.9. The summed E-state index contributed by atoms with van der Waals surface area (Å²) in [5, 5.41) is 33.6. The summed E-state index contributed by atoms with van der Waals surface area (Å²) in [6.45, 7) is 1.85. The number of fused-ring (bicyclic) bond motifs is 3. The van der Waals surface area contributed by atoms with Crippen molar-refractivity contribution in [2.45, 2.75) is 19.0 Å². The van der Waals surface area contributed by atoms with Crippen LogP contribution in [-0.2, 0) is 19.1 Å². The van der Waals surface area contributed by atoms with Gasteiger partial charge in [0.15, 0.2) is 0 Å². The first-order valence-electron chi connectivity index (χ1n) is 11.9. The molecule has 1 aliphatic carbocycles. The summed E-state index contributed by atoms with van der Waals surface area (Å²) in [6, 6.07) is 4.93. The van der Waals surface area contributed by atoms with Crippen molar-refractivity contribution in [1.29, 1.82) is 0 Å². The molecule has 3 aliphatic heterocycles. The number of allylic oxidation sites excluding steroid dienone is 5. The zero-order chi connectivity index (χ0) is 27.1. The molecule has 0 spiro atoms. The van der Waals surface area contributed by atoms with Gasteiger partial charge < -0.3 is 29.9 Å². The molecule has 5 rings (SSSR count). The largest absolute Gasteiger partial charge is 0.612 e. The summed E-state index contributed by atoms with van der Waals surface area (Å²) in [4.78, 5) is 42.4. The second-order valence-corrected chi connectivity index (χ2v) is 8.97. The molecule has 3 heterocycles. The van der Waals surface area contributed by atoms with Gasteiger partial charge in [0.05, 0.1) is 48.9 Å². The number of imide groups is 1. The first-order chi connectivity index (χ1) is 18.3. The Morgan fingerprint density at radius 1 is 1.05 bits per heavy atom. The van der Waals surface area contributed by atoms with Crippen LogP contribution in [0.3, 0.4) is 0 Å². The van der Waals surface area contributed by atoms with E-state index in [9.17, 15) is 29.9 Å². The quantitative estimate of drug-likeness (QED) is 0.204. The number of nitrogens with zero attached hydrogens (tertiary/aromatic N) is 3. The van der Waals surface area contributed by atoms with Gasteiger partial charge in [-0.25, -0.2) is 9.69 Å². The van der Waals surface area contributed by atoms with Crippen LogP contribution in [0.5, 0.6) is 5.75 Å². The van der Waals surface area contributed by atoms with E-state index in [1.807, 2.05) is 0 Å². The van der Waals surface area contributed by atoms with Crippen LogP contribution in [0, 0.1) is 22.3 Å². The third kappa shape index (κ3) is 3.83. The number of benzene rings is 1. The van der Waals surface area contributed by atoms with E-state index < -0.39 is 46.6 Å². The second kappa shape index (κ2) is 9.58. The van der Waals surface area contributed by atoms with E-state index in [1.165, 1.54) is 37.5 Å². The second-order valence-electron chi connectivity index (χ2n) is 8.97. The third-order valence-corrected chi connectivity index (χ3v) is 7.04. The van der Waals surface area contributed by atoms with Crippen LogP contribution in [0.2, 0.25) is 0 Å². The summed E-state index contributed by atoms with van der Waals surface area (Å²) < 4.78 is 10.5. The molecular formula is C27H24N3O8-. The number of para-hydroxylation sites is 2. The fourth-order valence-corrected chi connectivity index (χ4v) is 5.39. The SMILES string of the molecule is CCOC(=O)C1=C[C@@H]2[C@H]3C(=O)N(c4ccccc4OC)C(=O)[C@@H]3[C@H](C(O)=C3C=CC(=[N+]([O-])[O-])C=C3)N2C=C1. The van der Waals surface area contributed by atoms with Gasteiger partial charge in [0.1, 0.15) is 11.5 Å². The lowest BCUT2D eigenvalue weighted by Crippen LogP contribution is -2.44. The number of esters is 1. The van der Waals surface area contributed by atoms with Gasteiger partial charge in [0, 0.05) is 23.9 Å². The Kier molecular flexibility index (Phi) is 6.27. The molecule has 2 fully saturated rings. The molecule has 11 heteroatoms. The molecule has 196 valence electrons. The molecule has 0 aromatic heterocycles. The van der Waals surface area contributed by atoms with E-state index in [2.05, 4.69) is 0 Å². The van der Waals surface area contributed by atoms with Crippen molar-refractivity contribution in [2.75, 3.05) is 18.6 Å². The Morgan fingerprint density at radius 2 is 1.74 bits per heavy atom. The summed E-state index contributed by atoms with van der Waals surface area (Å²) in [5.41, 5.74) is 0.626. The fraction of sp³-hybridized carbons (Fsp3) is 0.259. The molecule has 1 aromatic rings. The minimum atomic E-state index is -1.00. The van der Waals surface area contributed by atoms with E-state index in [4.69, 9.17) is 9.47 Å². The molecule has 4 atom stereocenters. The van der Waals surface area contributed by atoms with Gasteiger partial charge in [0.2, 0.25) is 17.5 Å². The van der Waals surface area contributed by atoms with Crippen LogP contribution < -0.4 is 9.64 Å². The molecule has 0 unspecified atom stereocenters. The lowest BCUT2D eigenvalue weighted by atomic mass is 9.87. The predicted octanol–water partition coefficient (Wildman–Crippen LogP) is 2.26. The average molecular weight is 519 g/mol. The number of rotatable bonds is 5. The van der Waals surface area contributed by atoms with Crippen molar-refractivity contribution < 1.29 is 33.9 Å². The van der Waals surface area contributed by atoms with Gasteiger partial charge in [-0.15, -0.1) is 0 Å². The van der Waals surface area contributed by atoms with Crippen molar-refractivity contribution in [1.82, 2.24) is 4.90 Å². The van der Waals surface area contributed by atoms with E-state index >= 15 is 0 Å². The van der Waals surface area contributed by atoms with E-state index in [0.717, 1.165) is 4.90 Å². The smallest absolute Gasteiger partial charge is 0.337 e. The molecule has 0 bridgehead atoms. The maximum absolute atomic E-state index is 13.9. The van der Waals surface area contributed by atoms with Crippen molar-refractivity contribution >= 4 is 29.2 Å². The monoisotopic (exact) mass is 518 g/mol. The Labute approximate surface area is 217 Å². The number of amides is 2. The zero-order valence-corrected chi connectivity index (χ0v) is 20.5. The van der Waals surface area contributed by atoms with Gasteiger partial charge in [0.25, 0.3) is 0 Å². The van der Waals surface area contributed by atoms with Gasteiger partial charge in [-0.3, -0.25) is 9.59 Å². The normalized spacial score (nSPS) is 25.4. The predicted molar refractivity (Wildman–Crippen MR) is 136 cm³/mol. The molecule has 11 nitrogen and oxygen atoms in total. The number of aliphatic hydroxyl groups excluding tert-OH is 1. The fourth-order valence-electron chi connectivity index (χ4n) is 5.39. The highest BCUT2D eigenvalue weighted by Crippen LogP contribution is 2.49. The summed E-state index contributed by atoms with van der Waals surface area (Å²) >= 11 is 0. The van der Waals surface area contributed by atoms with Crippen molar-refractivity contribution in [2.24, 2.45) is 11.8 Å². The highest BCUT2D eigenvalue weighted by atomic mass is 16.8.